The van der Waals surface area contributed by atoms with E-state index in [1.165, 1.54) is 11.1 Å². The number of carboxylic acids is 1. The smallest absolute Gasteiger partial charge is 0.303 e. The second-order valence-corrected chi connectivity index (χ2v) is 6.76. The van der Waals surface area contributed by atoms with Crippen LogP contribution in [0.4, 0.5) is 0 Å². The summed E-state index contributed by atoms with van der Waals surface area (Å²) in [6.07, 6.45) is 2.84. The molecule has 0 unspecified atom stereocenters. The number of para-hydroxylation sites is 1. The van der Waals surface area contributed by atoms with E-state index in [0.29, 0.717) is 19.5 Å². The SMILES string of the molecule is Cc1ccc(-c2nn(-c3ccccc3)cc2CNCCCC(=O)O)cc1C. The third kappa shape index (κ3) is 4.83. The number of aliphatic carboxylic acids is 1. The Hall–Kier alpha value is -2.92. The van der Waals surface area contributed by atoms with Crippen LogP contribution in [-0.4, -0.2) is 27.4 Å². The molecule has 0 saturated carbocycles. The summed E-state index contributed by atoms with van der Waals surface area (Å²) in [5, 5.41) is 16.9. The highest BCUT2D eigenvalue weighted by molar-refractivity contribution is 5.66. The fourth-order valence-electron chi connectivity index (χ4n) is 2.97. The third-order valence-corrected chi connectivity index (χ3v) is 4.65. The number of rotatable bonds is 8. The number of aryl methyl sites for hydroxylation is 2. The third-order valence-electron chi connectivity index (χ3n) is 4.65. The van der Waals surface area contributed by atoms with Crippen LogP contribution in [0.15, 0.2) is 54.7 Å². The Labute approximate surface area is 159 Å². The quantitative estimate of drug-likeness (QED) is 0.591. The first-order valence-electron chi connectivity index (χ1n) is 9.18. The summed E-state index contributed by atoms with van der Waals surface area (Å²) in [5.41, 5.74) is 6.65. The topological polar surface area (TPSA) is 67.2 Å². The highest BCUT2D eigenvalue weighted by Crippen LogP contribution is 2.25. The van der Waals surface area contributed by atoms with Gasteiger partial charge in [0.05, 0.1) is 11.4 Å². The summed E-state index contributed by atoms with van der Waals surface area (Å²) in [4.78, 5) is 10.7. The van der Waals surface area contributed by atoms with E-state index in [4.69, 9.17) is 10.2 Å². The maximum atomic E-state index is 10.7. The zero-order chi connectivity index (χ0) is 19.2. The number of hydrogen-bond donors (Lipinski definition) is 2. The first-order valence-corrected chi connectivity index (χ1v) is 9.18. The minimum Gasteiger partial charge on any atom is -0.481 e. The molecular weight excluding hydrogens is 338 g/mol. The van der Waals surface area contributed by atoms with Crippen LogP contribution in [0.3, 0.4) is 0 Å². The number of hydrogen-bond acceptors (Lipinski definition) is 3. The van der Waals surface area contributed by atoms with Gasteiger partial charge in [-0.15, -0.1) is 0 Å². The lowest BCUT2D eigenvalue weighted by molar-refractivity contribution is -0.137. The Morgan fingerprint density at radius 3 is 2.59 bits per heavy atom. The molecule has 2 N–H and O–H groups in total. The zero-order valence-electron chi connectivity index (χ0n) is 15.8. The standard InChI is InChI=1S/C22H25N3O2/c1-16-10-11-18(13-17(16)2)22-19(14-23-12-6-9-21(26)27)15-25(24-22)20-7-4-3-5-8-20/h3-5,7-8,10-11,13,15,23H,6,9,12,14H2,1-2H3,(H,26,27). The van der Waals surface area contributed by atoms with Crippen molar-refractivity contribution in [1.82, 2.24) is 15.1 Å². The Morgan fingerprint density at radius 2 is 1.89 bits per heavy atom. The average molecular weight is 363 g/mol. The van der Waals surface area contributed by atoms with Crippen molar-refractivity contribution in [1.29, 1.82) is 0 Å². The predicted octanol–water partition coefficient (Wildman–Crippen LogP) is 4.11. The molecule has 0 fully saturated rings. The number of nitrogens with one attached hydrogen (secondary N) is 1. The first-order chi connectivity index (χ1) is 13.0. The number of aromatic nitrogens is 2. The molecule has 0 atom stereocenters. The van der Waals surface area contributed by atoms with E-state index in [9.17, 15) is 4.79 Å². The van der Waals surface area contributed by atoms with Crippen molar-refractivity contribution in [2.75, 3.05) is 6.54 Å². The fourth-order valence-corrected chi connectivity index (χ4v) is 2.97. The van der Waals surface area contributed by atoms with Crippen LogP contribution in [0, 0.1) is 13.8 Å². The molecule has 0 radical (unpaired) electrons. The molecule has 1 aromatic heterocycles. The van der Waals surface area contributed by atoms with Crippen molar-refractivity contribution in [2.24, 2.45) is 0 Å². The van der Waals surface area contributed by atoms with E-state index in [1.54, 1.807) is 0 Å². The van der Waals surface area contributed by atoms with Gasteiger partial charge >= 0.3 is 5.97 Å². The Morgan fingerprint density at radius 1 is 1.11 bits per heavy atom. The second-order valence-electron chi connectivity index (χ2n) is 6.76. The van der Waals surface area contributed by atoms with Crippen LogP contribution < -0.4 is 5.32 Å². The minimum atomic E-state index is -0.760. The van der Waals surface area contributed by atoms with Gasteiger partial charge in [0.25, 0.3) is 0 Å². The number of nitrogens with zero attached hydrogens (tertiary/aromatic N) is 2. The average Bonchev–Trinajstić information content (AvgIpc) is 3.08. The maximum Gasteiger partial charge on any atom is 0.303 e. The second kappa shape index (κ2) is 8.64. The molecule has 5 nitrogen and oxygen atoms in total. The first kappa shape index (κ1) is 18.9. The summed E-state index contributed by atoms with van der Waals surface area (Å²) in [7, 11) is 0. The lowest BCUT2D eigenvalue weighted by Gasteiger charge is -2.07. The van der Waals surface area contributed by atoms with Gasteiger partial charge in [0.2, 0.25) is 0 Å². The maximum absolute atomic E-state index is 10.7. The zero-order valence-corrected chi connectivity index (χ0v) is 15.8. The van der Waals surface area contributed by atoms with Crippen molar-refractivity contribution < 1.29 is 9.90 Å². The number of carbonyl (C=O) groups is 1. The van der Waals surface area contributed by atoms with E-state index in [1.807, 2.05) is 41.2 Å². The summed E-state index contributed by atoms with van der Waals surface area (Å²) in [6, 6.07) is 16.4. The predicted molar refractivity (Wildman–Crippen MR) is 107 cm³/mol. The molecule has 2 aromatic carbocycles. The lowest BCUT2D eigenvalue weighted by atomic mass is 10.0. The molecular formula is C22H25N3O2. The van der Waals surface area contributed by atoms with E-state index in [-0.39, 0.29) is 6.42 Å². The summed E-state index contributed by atoms with van der Waals surface area (Å²) < 4.78 is 1.90. The molecule has 0 spiro atoms. The normalized spacial score (nSPS) is 10.9. The van der Waals surface area contributed by atoms with Crippen LogP contribution in [0.1, 0.15) is 29.5 Å². The Balaban J connectivity index is 1.86. The monoisotopic (exact) mass is 363 g/mol. The van der Waals surface area contributed by atoms with Gasteiger partial charge in [-0.1, -0.05) is 30.3 Å². The largest absolute Gasteiger partial charge is 0.481 e. The minimum absolute atomic E-state index is 0.181. The van der Waals surface area contributed by atoms with E-state index in [0.717, 1.165) is 22.5 Å². The highest BCUT2D eigenvalue weighted by atomic mass is 16.4. The highest BCUT2D eigenvalue weighted by Gasteiger charge is 2.13. The fraction of sp³-hybridized carbons (Fsp3) is 0.273. The van der Waals surface area contributed by atoms with Crippen molar-refractivity contribution in [3.05, 3.63) is 71.4 Å². The van der Waals surface area contributed by atoms with Crippen molar-refractivity contribution >= 4 is 5.97 Å². The van der Waals surface area contributed by atoms with E-state index < -0.39 is 5.97 Å². The van der Waals surface area contributed by atoms with Gasteiger partial charge < -0.3 is 10.4 Å². The molecule has 0 amide bonds. The van der Waals surface area contributed by atoms with Crippen LogP contribution >= 0.6 is 0 Å². The van der Waals surface area contributed by atoms with Gasteiger partial charge in [-0.2, -0.15) is 5.10 Å². The van der Waals surface area contributed by atoms with Crippen molar-refractivity contribution in [3.63, 3.8) is 0 Å². The molecule has 1 heterocycles. The molecule has 140 valence electrons. The Bertz CT molecular complexity index is 917. The van der Waals surface area contributed by atoms with Gasteiger partial charge in [-0.3, -0.25) is 4.79 Å². The van der Waals surface area contributed by atoms with Gasteiger partial charge in [-0.25, -0.2) is 4.68 Å². The van der Waals surface area contributed by atoms with Gasteiger partial charge in [-0.05, 0) is 56.1 Å². The van der Waals surface area contributed by atoms with Crippen LogP contribution in [0.2, 0.25) is 0 Å². The molecule has 5 heteroatoms. The van der Waals surface area contributed by atoms with Crippen LogP contribution in [0.25, 0.3) is 16.9 Å². The summed E-state index contributed by atoms with van der Waals surface area (Å²) in [5.74, 6) is -0.760. The van der Waals surface area contributed by atoms with E-state index in [2.05, 4.69) is 37.4 Å². The van der Waals surface area contributed by atoms with Crippen LogP contribution in [0.5, 0.6) is 0 Å². The summed E-state index contributed by atoms with van der Waals surface area (Å²) in [6.45, 7) is 5.52. The molecule has 0 bridgehead atoms. The van der Waals surface area contributed by atoms with Gasteiger partial charge in [0, 0.05) is 30.3 Å². The molecule has 0 aliphatic heterocycles. The number of benzene rings is 2. The molecule has 3 rings (SSSR count). The molecule has 0 aliphatic rings. The van der Waals surface area contributed by atoms with E-state index >= 15 is 0 Å². The Kier molecular flexibility index (Phi) is 6.04. The molecule has 27 heavy (non-hydrogen) atoms. The van der Waals surface area contributed by atoms with Gasteiger partial charge in [0.15, 0.2) is 0 Å². The molecule has 0 saturated heterocycles. The molecule has 0 aliphatic carbocycles. The van der Waals surface area contributed by atoms with Gasteiger partial charge in [0.1, 0.15) is 0 Å². The van der Waals surface area contributed by atoms with Crippen LogP contribution in [-0.2, 0) is 11.3 Å². The number of carboxylic acid groups (broad SMARTS) is 1. The van der Waals surface area contributed by atoms with Crippen molar-refractivity contribution in [2.45, 2.75) is 33.2 Å². The van der Waals surface area contributed by atoms with Crippen molar-refractivity contribution in [3.8, 4) is 16.9 Å². The summed E-state index contributed by atoms with van der Waals surface area (Å²) >= 11 is 0. The molecule has 3 aromatic rings. The lowest BCUT2D eigenvalue weighted by Crippen LogP contribution is -2.16.